The van der Waals surface area contributed by atoms with Gasteiger partial charge in [-0.15, -0.1) is 11.3 Å². The van der Waals surface area contributed by atoms with Gasteiger partial charge in [0, 0.05) is 22.2 Å². The van der Waals surface area contributed by atoms with Crippen molar-refractivity contribution < 1.29 is 9.64 Å². The number of aryl methyl sites for hydroxylation is 3. The molecular formula is C19H22N5OS2+. The van der Waals surface area contributed by atoms with Gasteiger partial charge in [-0.25, -0.2) is 19.9 Å². The zero-order valence-corrected chi connectivity index (χ0v) is 17.0. The van der Waals surface area contributed by atoms with Gasteiger partial charge in [-0.1, -0.05) is 0 Å². The van der Waals surface area contributed by atoms with Gasteiger partial charge in [-0.3, -0.25) is 0 Å². The lowest BCUT2D eigenvalue weighted by Crippen LogP contribution is -3.12. The Morgan fingerprint density at radius 3 is 2.93 bits per heavy atom. The third-order valence-corrected chi connectivity index (χ3v) is 7.20. The number of hydrogen-bond donors (Lipinski definition) is 1. The van der Waals surface area contributed by atoms with Gasteiger partial charge in [0.15, 0.2) is 11.0 Å². The largest absolute Gasteiger partial charge is 0.370 e. The third kappa shape index (κ3) is 3.59. The summed E-state index contributed by atoms with van der Waals surface area (Å²) in [6.45, 7) is 6.53. The van der Waals surface area contributed by atoms with Crippen LogP contribution in [0.15, 0.2) is 22.4 Å². The highest BCUT2D eigenvalue weighted by atomic mass is 32.2. The van der Waals surface area contributed by atoms with E-state index in [-0.39, 0.29) is 0 Å². The highest BCUT2D eigenvalue weighted by Crippen LogP contribution is 2.41. The summed E-state index contributed by atoms with van der Waals surface area (Å²) in [4.78, 5) is 23.1. The monoisotopic (exact) mass is 400 g/mol. The zero-order valence-electron chi connectivity index (χ0n) is 15.3. The van der Waals surface area contributed by atoms with E-state index in [0.717, 1.165) is 65.8 Å². The van der Waals surface area contributed by atoms with Crippen LogP contribution in [-0.4, -0.2) is 46.2 Å². The second-order valence-corrected chi connectivity index (χ2v) is 9.14. The Kier molecular flexibility index (Phi) is 4.81. The van der Waals surface area contributed by atoms with E-state index in [1.54, 1.807) is 11.8 Å². The van der Waals surface area contributed by atoms with Crippen LogP contribution in [0.25, 0.3) is 10.2 Å². The van der Waals surface area contributed by atoms with E-state index in [1.165, 1.54) is 33.6 Å². The summed E-state index contributed by atoms with van der Waals surface area (Å²) in [5.41, 5.74) is 2.43. The number of hydrogen-bond acceptors (Lipinski definition) is 7. The van der Waals surface area contributed by atoms with Crippen molar-refractivity contribution in [3.63, 3.8) is 0 Å². The van der Waals surface area contributed by atoms with E-state index in [4.69, 9.17) is 14.7 Å². The summed E-state index contributed by atoms with van der Waals surface area (Å²) < 4.78 is 5.48. The van der Waals surface area contributed by atoms with Crippen molar-refractivity contribution in [2.24, 2.45) is 0 Å². The molecule has 2 aliphatic rings. The molecule has 0 saturated carbocycles. The number of thiophene rings is 1. The van der Waals surface area contributed by atoms with E-state index in [1.807, 2.05) is 30.5 Å². The quantitative estimate of drug-likeness (QED) is 0.533. The number of nitrogens with one attached hydrogen (secondary N) is 1. The molecule has 140 valence electrons. The van der Waals surface area contributed by atoms with Crippen molar-refractivity contribution in [1.29, 1.82) is 0 Å². The number of fused-ring (bicyclic) bond motifs is 3. The summed E-state index contributed by atoms with van der Waals surface area (Å²) in [6, 6.07) is 1.93. The fourth-order valence-corrected chi connectivity index (χ4v) is 6.07. The van der Waals surface area contributed by atoms with Gasteiger partial charge < -0.3 is 9.64 Å². The Morgan fingerprint density at radius 2 is 2.07 bits per heavy atom. The molecule has 0 amide bonds. The van der Waals surface area contributed by atoms with Crippen LogP contribution in [0.2, 0.25) is 0 Å². The zero-order chi connectivity index (χ0) is 18.2. The molecule has 8 heteroatoms. The lowest BCUT2D eigenvalue weighted by Gasteiger charge is -2.23. The minimum Gasteiger partial charge on any atom is -0.370 e. The highest BCUT2D eigenvalue weighted by molar-refractivity contribution is 7.99. The van der Waals surface area contributed by atoms with Crippen LogP contribution < -0.4 is 4.90 Å². The molecule has 0 unspecified atom stereocenters. The lowest BCUT2D eigenvalue weighted by atomic mass is 10.2. The molecular weight excluding hydrogens is 378 g/mol. The molecule has 6 nitrogen and oxygen atoms in total. The fourth-order valence-electron chi connectivity index (χ4n) is 3.78. The highest BCUT2D eigenvalue weighted by Gasteiger charge is 2.24. The predicted octanol–water partition coefficient (Wildman–Crippen LogP) is 1.84. The molecule has 1 aliphatic carbocycles. The van der Waals surface area contributed by atoms with Gasteiger partial charge in [0.1, 0.15) is 29.5 Å². The van der Waals surface area contributed by atoms with E-state index in [9.17, 15) is 0 Å². The first-order valence-corrected chi connectivity index (χ1v) is 11.1. The smallest absolute Gasteiger partial charge is 0.194 e. The normalized spacial score (nSPS) is 17.5. The SMILES string of the molecule is Cc1ccnc(Sc2nc(C[NH+]3CCOCC3)nc3sc4c(c23)CCC4)n1. The van der Waals surface area contributed by atoms with E-state index >= 15 is 0 Å². The van der Waals surface area contributed by atoms with Crippen LogP contribution in [0.3, 0.4) is 0 Å². The van der Waals surface area contributed by atoms with Crippen molar-refractivity contribution in [2.45, 2.75) is 42.9 Å². The van der Waals surface area contributed by atoms with Gasteiger partial charge in [-0.2, -0.15) is 0 Å². The summed E-state index contributed by atoms with van der Waals surface area (Å²) in [5, 5.41) is 3.02. The topological polar surface area (TPSA) is 65.2 Å². The minimum atomic E-state index is 0.762. The Balaban J connectivity index is 1.55. The van der Waals surface area contributed by atoms with Crippen LogP contribution in [0.1, 0.15) is 28.4 Å². The van der Waals surface area contributed by atoms with Crippen LogP contribution in [0, 0.1) is 6.92 Å². The second kappa shape index (κ2) is 7.43. The summed E-state index contributed by atoms with van der Waals surface area (Å²) >= 11 is 3.43. The van der Waals surface area contributed by atoms with Crippen LogP contribution in [0.4, 0.5) is 0 Å². The van der Waals surface area contributed by atoms with Gasteiger partial charge in [-0.05, 0) is 49.6 Å². The fraction of sp³-hybridized carbons (Fsp3) is 0.474. The molecule has 3 aromatic heterocycles. The van der Waals surface area contributed by atoms with Crippen molar-refractivity contribution in [1.82, 2.24) is 19.9 Å². The van der Waals surface area contributed by atoms with Gasteiger partial charge in [0.2, 0.25) is 0 Å². The first-order valence-electron chi connectivity index (χ1n) is 9.46. The summed E-state index contributed by atoms with van der Waals surface area (Å²) in [5.74, 6) is 0.925. The number of quaternary nitrogens is 1. The minimum absolute atomic E-state index is 0.762. The van der Waals surface area contributed by atoms with E-state index < -0.39 is 0 Å². The summed E-state index contributed by atoms with van der Waals surface area (Å²) in [7, 11) is 0. The average molecular weight is 401 g/mol. The Morgan fingerprint density at radius 1 is 1.19 bits per heavy atom. The van der Waals surface area contributed by atoms with Crippen LogP contribution >= 0.6 is 23.1 Å². The maximum absolute atomic E-state index is 5.48. The van der Waals surface area contributed by atoms with Crippen molar-refractivity contribution in [3.05, 3.63) is 34.2 Å². The summed E-state index contributed by atoms with van der Waals surface area (Å²) in [6.07, 6.45) is 5.36. The molecule has 1 N–H and O–H groups in total. The number of morpholine rings is 1. The Bertz CT molecular complexity index is 984. The van der Waals surface area contributed by atoms with Crippen LogP contribution in [-0.2, 0) is 24.1 Å². The molecule has 5 rings (SSSR count). The molecule has 0 spiro atoms. The number of aromatic nitrogens is 4. The molecule has 1 aliphatic heterocycles. The Hall–Kier alpha value is -1.61. The van der Waals surface area contributed by atoms with E-state index in [2.05, 4.69) is 9.97 Å². The van der Waals surface area contributed by atoms with Gasteiger partial charge >= 0.3 is 0 Å². The van der Waals surface area contributed by atoms with Crippen LogP contribution in [0.5, 0.6) is 0 Å². The molecule has 1 saturated heterocycles. The standard InChI is InChI=1S/C19H21N5OS2/c1-12-5-6-20-19(21-12)27-18-16-13-3-2-4-14(13)26-17(16)22-15(23-18)11-24-7-9-25-10-8-24/h5-6H,2-4,7-11H2,1H3/p+1. The first kappa shape index (κ1) is 17.5. The molecule has 0 radical (unpaired) electrons. The van der Waals surface area contributed by atoms with Crippen molar-refractivity contribution in [3.8, 4) is 0 Å². The van der Waals surface area contributed by atoms with Gasteiger partial charge in [0.25, 0.3) is 0 Å². The average Bonchev–Trinajstić information content (AvgIpc) is 3.23. The predicted molar refractivity (Wildman–Crippen MR) is 106 cm³/mol. The number of nitrogens with zero attached hydrogens (tertiary/aromatic N) is 4. The van der Waals surface area contributed by atoms with Crippen molar-refractivity contribution in [2.75, 3.05) is 26.3 Å². The van der Waals surface area contributed by atoms with Gasteiger partial charge in [0.05, 0.1) is 13.2 Å². The molecule has 4 heterocycles. The third-order valence-electron chi connectivity index (χ3n) is 5.15. The Labute approximate surface area is 166 Å². The molecule has 0 bridgehead atoms. The van der Waals surface area contributed by atoms with E-state index in [0.29, 0.717) is 0 Å². The molecule has 1 fully saturated rings. The molecule has 3 aromatic rings. The maximum Gasteiger partial charge on any atom is 0.194 e. The first-order chi connectivity index (χ1) is 13.3. The number of ether oxygens (including phenoxy) is 1. The maximum atomic E-state index is 5.48. The number of rotatable bonds is 4. The second-order valence-electron chi connectivity index (χ2n) is 7.10. The molecule has 27 heavy (non-hydrogen) atoms. The lowest BCUT2D eigenvalue weighted by molar-refractivity contribution is -0.922. The molecule has 0 atom stereocenters. The molecule has 0 aromatic carbocycles. The van der Waals surface area contributed by atoms with Crippen molar-refractivity contribution >= 4 is 33.3 Å².